The zero-order valence-electron chi connectivity index (χ0n) is 25.0. The number of likely N-dealkylation sites (tertiary alicyclic amines) is 1. The molecule has 230 valence electrons. The maximum absolute atomic E-state index is 14.5. The summed E-state index contributed by atoms with van der Waals surface area (Å²) in [5.74, 6) is 0.314. The van der Waals surface area contributed by atoms with Crippen LogP contribution in [-0.4, -0.2) is 45.0 Å². The zero-order chi connectivity index (χ0) is 31.6. The summed E-state index contributed by atoms with van der Waals surface area (Å²) in [6, 6.07) is 9.37. The van der Waals surface area contributed by atoms with Gasteiger partial charge >= 0.3 is 6.18 Å². The lowest BCUT2D eigenvalue weighted by molar-refractivity contribution is -0.141. The molecule has 1 saturated heterocycles. The highest BCUT2D eigenvalue weighted by molar-refractivity contribution is 7.13. The Bertz CT molecular complexity index is 1760. The molecule has 0 saturated carbocycles. The molecule has 44 heavy (non-hydrogen) atoms. The number of benzene rings is 1. The van der Waals surface area contributed by atoms with E-state index in [0.717, 1.165) is 42.7 Å². The van der Waals surface area contributed by atoms with Gasteiger partial charge in [0.25, 0.3) is 11.5 Å². The Kier molecular flexibility index (Phi) is 9.05. The number of allylic oxidation sites excluding steroid dienone is 1. The van der Waals surface area contributed by atoms with Gasteiger partial charge in [-0.05, 0) is 88.9 Å². The third-order valence-electron chi connectivity index (χ3n) is 7.28. The largest absolute Gasteiger partial charge is 0.492 e. The molecule has 1 fully saturated rings. The number of halogens is 3. The molecular weight excluding hydrogens is 589 g/mol. The van der Waals surface area contributed by atoms with Gasteiger partial charge in [0.15, 0.2) is 0 Å². The first-order valence-electron chi connectivity index (χ1n) is 14.5. The Balaban J connectivity index is 1.75. The van der Waals surface area contributed by atoms with Crippen LogP contribution in [0.15, 0.2) is 58.3 Å². The molecule has 0 aliphatic carbocycles. The van der Waals surface area contributed by atoms with Crippen molar-refractivity contribution >= 4 is 23.3 Å². The van der Waals surface area contributed by atoms with Gasteiger partial charge < -0.3 is 9.64 Å². The highest BCUT2D eigenvalue weighted by Crippen LogP contribution is 2.34. The first kappa shape index (κ1) is 31.2. The number of nitrogens with zero attached hydrogens (tertiary/aromatic N) is 4. The Hall–Kier alpha value is -4.25. The van der Waals surface area contributed by atoms with E-state index in [1.165, 1.54) is 22.0 Å². The van der Waals surface area contributed by atoms with Gasteiger partial charge in [-0.15, -0.1) is 11.3 Å². The van der Waals surface area contributed by atoms with E-state index in [0.29, 0.717) is 58.7 Å². The van der Waals surface area contributed by atoms with E-state index in [9.17, 15) is 22.8 Å². The zero-order valence-corrected chi connectivity index (χ0v) is 25.8. The molecule has 0 spiro atoms. The summed E-state index contributed by atoms with van der Waals surface area (Å²) in [6.45, 7) is 9.21. The van der Waals surface area contributed by atoms with Gasteiger partial charge in [0, 0.05) is 30.2 Å². The van der Waals surface area contributed by atoms with Gasteiger partial charge in [-0.25, -0.2) is 4.98 Å². The van der Waals surface area contributed by atoms with Crippen molar-refractivity contribution < 1.29 is 22.7 Å². The molecule has 0 bridgehead atoms. The van der Waals surface area contributed by atoms with Crippen molar-refractivity contribution in [2.24, 2.45) is 0 Å². The van der Waals surface area contributed by atoms with E-state index in [2.05, 4.69) is 9.97 Å². The standard InChI is InChI=1S/C33H33F3N4O3S/c1-5-43-28-11-9-21(4)16-27(28)40-26(15-20(2)3)23(31(41)39-13-7-6-8-14-39)17-24(32(40)42)30-38-25(19-44-30)22-10-12-29(37-18-22)33(34,35)36/h9-12,15-19H,5-8,13-14H2,1-4H3. The van der Waals surface area contributed by atoms with Gasteiger partial charge in [0.2, 0.25) is 0 Å². The lowest BCUT2D eigenvalue weighted by Gasteiger charge is -2.28. The van der Waals surface area contributed by atoms with Gasteiger partial charge in [0.1, 0.15) is 16.5 Å². The SMILES string of the molecule is CCOc1ccc(C)cc1-n1c(C=C(C)C)c(C(=O)N2CCCCC2)cc(-c2nc(-c3ccc(C(F)(F)F)nc3)cs2)c1=O. The summed E-state index contributed by atoms with van der Waals surface area (Å²) >= 11 is 1.17. The van der Waals surface area contributed by atoms with Crippen molar-refractivity contribution in [1.82, 2.24) is 19.4 Å². The second-order valence-corrected chi connectivity index (χ2v) is 11.8. The molecule has 4 heterocycles. The Morgan fingerprint density at radius 3 is 2.48 bits per heavy atom. The summed E-state index contributed by atoms with van der Waals surface area (Å²) in [7, 11) is 0. The van der Waals surface area contributed by atoms with E-state index in [-0.39, 0.29) is 11.5 Å². The number of hydrogen-bond donors (Lipinski definition) is 0. The van der Waals surface area contributed by atoms with Gasteiger partial charge in [-0.2, -0.15) is 13.2 Å². The molecule has 7 nitrogen and oxygen atoms in total. The quantitative estimate of drug-likeness (QED) is 0.210. The molecule has 1 amide bonds. The number of hydrogen-bond acceptors (Lipinski definition) is 6. The van der Waals surface area contributed by atoms with Crippen LogP contribution in [0.5, 0.6) is 5.75 Å². The topological polar surface area (TPSA) is 77.3 Å². The number of thiazole rings is 1. The smallest absolute Gasteiger partial charge is 0.433 e. The summed E-state index contributed by atoms with van der Waals surface area (Å²) < 4.78 is 46.7. The average Bonchev–Trinajstić information content (AvgIpc) is 3.48. The fourth-order valence-electron chi connectivity index (χ4n) is 5.20. The number of aryl methyl sites for hydroxylation is 1. The number of piperidine rings is 1. The van der Waals surface area contributed by atoms with E-state index < -0.39 is 17.4 Å². The predicted molar refractivity (Wildman–Crippen MR) is 166 cm³/mol. The molecule has 4 aromatic rings. The predicted octanol–water partition coefficient (Wildman–Crippen LogP) is 7.80. The van der Waals surface area contributed by atoms with Crippen LogP contribution in [0.4, 0.5) is 13.2 Å². The van der Waals surface area contributed by atoms with E-state index in [1.54, 1.807) is 11.4 Å². The van der Waals surface area contributed by atoms with Crippen molar-refractivity contribution in [2.45, 2.75) is 53.1 Å². The van der Waals surface area contributed by atoms with Crippen LogP contribution in [0.1, 0.15) is 67.3 Å². The Labute approximate surface area is 257 Å². The maximum Gasteiger partial charge on any atom is 0.433 e. The second kappa shape index (κ2) is 12.8. The summed E-state index contributed by atoms with van der Waals surface area (Å²) in [5, 5.41) is 2.00. The summed E-state index contributed by atoms with van der Waals surface area (Å²) in [6.07, 6.45) is 1.25. The van der Waals surface area contributed by atoms with Crippen LogP contribution in [0, 0.1) is 6.92 Å². The minimum Gasteiger partial charge on any atom is -0.492 e. The number of carbonyl (C=O) groups is 1. The van der Waals surface area contributed by atoms with Crippen LogP contribution in [-0.2, 0) is 6.18 Å². The third-order valence-corrected chi connectivity index (χ3v) is 8.15. The van der Waals surface area contributed by atoms with Crippen LogP contribution in [0.25, 0.3) is 33.6 Å². The molecule has 3 aromatic heterocycles. The molecule has 0 atom stereocenters. The van der Waals surface area contributed by atoms with Gasteiger partial charge in [-0.3, -0.25) is 19.1 Å². The molecule has 1 aromatic carbocycles. The third kappa shape index (κ3) is 6.47. The average molecular weight is 623 g/mol. The van der Waals surface area contributed by atoms with Crippen molar-refractivity contribution in [3.05, 3.63) is 86.4 Å². The Morgan fingerprint density at radius 2 is 1.84 bits per heavy atom. The molecule has 0 radical (unpaired) electrons. The molecule has 11 heteroatoms. The maximum atomic E-state index is 14.5. The van der Waals surface area contributed by atoms with E-state index in [4.69, 9.17) is 4.74 Å². The minimum absolute atomic E-state index is 0.179. The van der Waals surface area contributed by atoms with Gasteiger partial charge in [0.05, 0.1) is 34.8 Å². The summed E-state index contributed by atoms with van der Waals surface area (Å²) in [4.78, 5) is 38.6. The second-order valence-electron chi connectivity index (χ2n) is 10.9. The number of ether oxygens (including phenoxy) is 1. The lowest BCUT2D eigenvalue weighted by atomic mass is 10.0. The van der Waals surface area contributed by atoms with Crippen molar-refractivity contribution in [3.63, 3.8) is 0 Å². The number of aromatic nitrogens is 3. The first-order valence-corrected chi connectivity index (χ1v) is 15.3. The lowest BCUT2D eigenvalue weighted by Crippen LogP contribution is -2.37. The van der Waals surface area contributed by atoms with E-state index in [1.807, 2.05) is 56.9 Å². The van der Waals surface area contributed by atoms with Crippen molar-refractivity contribution in [1.29, 1.82) is 0 Å². The summed E-state index contributed by atoms with van der Waals surface area (Å²) in [5.41, 5.74) is 2.67. The van der Waals surface area contributed by atoms with E-state index >= 15 is 0 Å². The highest BCUT2D eigenvalue weighted by Gasteiger charge is 2.32. The number of amides is 1. The van der Waals surface area contributed by atoms with Crippen molar-refractivity contribution in [2.75, 3.05) is 19.7 Å². The minimum atomic E-state index is -4.56. The number of alkyl halides is 3. The molecule has 5 rings (SSSR count). The number of rotatable bonds is 7. The molecule has 1 aliphatic rings. The Morgan fingerprint density at radius 1 is 1.09 bits per heavy atom. The van der Waals surface area contributed by atoms with Crippen LogP contribution in [0.2, 0.25) is 0 Å². The van der Waals surface area contributed by atoms with Crippen LogP contribution in [0.3, 0.4) is 0 Å². The van der Waals surface area contributed by atoms with Crippen LogP contribution >= 0.6 is 11.3 Å². The molecule has 0 unspecified atom stereocenters. The highest BCUT2D eigenvalue weighted by atomic mass is 32.1. The fourth-order valence-corrected chi connectivity index (χ4v) is 6.04. The first-order chi connectivity index (χ1) is 21.0. The number of pyridine rings is 2. The van der Waals surface area contributed by atoms with Crippen molar-refractivity contribution in [3.8, 4) is 33.3 Å². The fraction of sp³-hybridized carbons (Fsp3) is 0.333. The van der Waals surface area contributed by atoms with Crippen LogP contribution < -0.4 is 10.3 Å². The normalized spacial score (nSPS) is 13.6. The van der Waals surface area contributed by atoms with Gasteiger partial charge in [-0.1, -0.05) is 11.6 Å². The molecule has 1 aliphatic heterocycles. The molecular formula is C33H33F3N4O3S. The molecule has 0 N–H and O–H groups in total. The number of carbonyl (C=O) groups excluding carboxylic acids is 1. The monoisotopic (exact) mass is 622 g/mol.